The second-order valence-electron chi connectivity index (χ2n) is 6.70. The summed E-state index contributed by atoms with van der Waals surface area (Å²) in [5, 5.41) is 8.06. The SMILES string of the molecule is NC(=O)CCOc1ccccc1NC(=O)NC(c1cccs1)C1CCCC1. The number of thiophene rings is 1. The Kier molecular flexibility index (Phi) is 6.70. The van der Waals surface area contributed by atoms with Gasteiger partial charge in [0, 0.05) is 4.88 Å². The maximum Gasteiger partial charge on any atom is 0.319 e. The third kappa shape index (κ3) is 5.47. The fourth-order valence-electron chi connectivity index (χ4n) is 3.44. The number of hydrogen-bond acceptors (Lipinski definition) is 4. The second kappa shape index (κ2) is 9.41. The summed E-state index contributed by atoms with van der Waals surface area (Å²) in [6, 6.07) is 11.0. The average molecular weight is 388 g/mol. The number of carbonyl (C=O) groups is 2. The lowest BCUT2D eigenvalue weighted by Crippen LogP contribution is -2.35. The molecule has 0 aliphatic heterocycles. The van der Waals surface area contributed by atoms with Gasteiger partial charge in [0.05, 0.1) is 24.8 Å². The van der Waals surface area contributed by atoms with E-state index in [4.69, 9.17) is 10.5 Å². The Morgan fingerprint density at radius 2 is 1.96 bits per heavy atom. The summed E-state index contributed by atoms with van der Waals surface area (Å²) >= 11 is 1.67. The van der Waals surface area contributed by atoms with Gasteiger partial charge < -0.3 is 21.1 Å². The number of nitrogens with one attached hydrogen (secondary N) is 2. The smallest absolute Gasteiger partial charge is 0.319 e. The highest BCUT2D eigenvalue weighted by molar-refractivity contribution is 7.10. The van der Waals surface area contributed by atoms with Crippen LogP contribution >= 0.6 is 11.3 Å². The van der Waals surface area contributed by atoms with Gasteiger partial charge >= 0.3 is 6.03 Å². The lowest BCUT2D eigenvalue weighted by molar-refractivity contribution is -0.118. The molecule has 6 nitrogen and oxygen atoms in total. The van der Waals surface area contributed by atoms with Gasteiger partial charge in [-0.25, -0.2) is 4.79 Å². The first-order valence-corrected chi connectivity index (χ1v) is 10.1. The number of urea groups is 1. The van der Waals surface area contributed by atoms with Crippen molar-refractivity contribution in [1.82, 2.24) is 5.32 Å². The van der Waals surface area contributed by atoms with Crippen LogP contribution in [-0.2, 0) is 4.79 Å². The van der Waals surface area contributed by atoms with Crippen LogP contribution in [-0.4, -0.2) is 18.5 Å². The number of anilines is 1. The maximum absolute atomic E-state index is 12.7. The molecule has 1 fully saturated rings. The largest absolute Gasteiger partial charge is 0.491 e. The molecule has 1 aliphatic rings. The van der Waals surface area contributed by atoms with Gasteiger partial charge in [-0.2, -0.15) is 0 Å². The van der Waals surface area contributed by atoms with Crippen molar-refractivity contribution in [2.45, 2.75) is 38.1 Å². The van der Waals surface area contributed by atoms with Crippen molar-refractivity contribution in [3.8, 4) is 5.75 Å². The van der Waals surface area contributed by atoms with E-state index in [0.717, 1.165) is 12.8 Å². The minimum atomic E-state index is -0.423. The summed E-state index contributed by atoms with van der Waals surface area (Å²) in [6.07, 6.45) is 4.83. The van der Waals surface area contributed by atoms with Gasteiger partial charge in [0.1, 0.15) is 5.75 Å². The zero-order chi connectivity index (χ0) is 19.1. The van der Waals surface area contributed by atoms with Gasteiger partial charge in [-0.15, -0.1) is 11.3 Å². The van der Waals surface area contributed by atoms with Gasteiger partial charge in [0.15, 0.2) is 0 Å². The molecule has 27 heavy (non-hydrogen) atoms. The number of ether oxygens (including phenoxy) is 1. The van der Waals surface area contributed by atoms with E-state index in [2.05, 4.69) is 16.7 Å². The Morgan fingerprint density at radius 3 is 2.67 bits per heavy atom. The predicted molar refractivity (Wildman–Crippen MR) is 107 cm³/mol. The predicted octanol–water partition coefficient (Wildman–Crippen LogP) is 4.06. The maximum atomic E-state index is 12.7. The van der Waals surface area contributed by atoms with E-state index >= 15 is 0 Å². The van der Waals surface area contributed by atoms with Gasteiger partial charge in [-0.3, -0.25) is 4.79 Å². The molecule has 1 aliphatic carbocycles. The molecule has 0 saturated heterocycles. The van der Waals surface area contributed by atoms with E-state index < -0.39 is 5.91 Å². The minimum absolute atomic E-state index is 0.0236. The van der Waals surface area contributed by atoms with Gasteiger partial charge in [-0.1, -0.05) is 31.0 Å². The molecular formula is C20H25N3O3S. The van der Waals surface area contributed by atoms with E-state index in [9.17, 15) is 9.59 Å². The molecule has 1 saturated carbocycles. The lowest BCUT2D eigenvalue weighted by atomic mass is 9.97. The first-order chi connectivity index (χ1) is 13.1. The van der Waals surface area contributed by atoms with Crippen LogP contribution in [0.15, 0.2) is 41.8 Å². The fraction of sp³-hybridized carbons (Fsp3) is 0.400. The Bertz CT molecular complexity index is 758. The highest BCUT2D eigenvalue weighted by atomic mass is 32.1. The molecular weight excluding hydrogens is 362 g/mol. The number of amides is 3. The van der Waals surface area contributed by atoms with Crippen molar-refractivity contribution in [3.05, 3.63) is 46.7 Å². The number of benzene rings is 1. The summed E-state index contributed by atoms with van der Waals surface area (Å²) < 4.78 is 5.58. The van der Waals surface area contributed by atoms with Crippen molar-refractivity contribution >= 4 is 29.0 Å². The van der Waals surface area contributed by atoms with Crippen LogP contribution < -0.4 is 21.1 Å². The van der Waals surface area contributed by atoms with Crippen LogP contribution in [0.4, 0.5) is 10.5 Å². The van der Waals surface area contributed by atoms with Crippen molar-refractivity contribution < 1.29 is 14.3 Å². The lowest BCUT2D eigenvalue weighted by Gasteiger charge is -2.24. The molecule has 7 heteroatoms. The summed E-state index contributed by atoms with van der Waals surface area (Å²) in [5.41, 5.74) is 5.70. The fourth-order valence-corrected chi connectivity index (χ4v) is 4.31. The number of carbonyl (C=O) groups excluding carboxylic acids is 2. The second-order valence-corrected chi connectivity index (χ2v) is 7.68. The topological polar surface area (TPSA) is 93.5 Å². The molecule has 1 unspecified atom stereocenters. The number of para-hydroxylation sites is 2. The van der Waals surface area contributed by atoms with Crippen LogP contribution in [0.25, 0.3) is 0 Å². The Morgan fingerprint density at radius 1 is 1.19 bits per heavy atom. The van der Waals surface area contributed by atoms with E-state index in [1.165, 1.54) is 17.7 Å². The van der Waals surface area contributed by atoms with Crippen LogP contribution in [0.1, 0.15) is 43.0 Å². The Balaban J connectivity index is 1.64. The van der Waals surface area contributed by atoms with Crippen molar-refractivity contribution in [3.63, 3.8) is 0 Å². The zero-order valence-corrected chi connectivity index (χ0v) is 16.0. The van der Waals surface area contributed by atoms with Gasteiger partial charge in [0.2, 0.25) is 5.91 Å². The highest BCUT2D eigenvalue weighted by Gasteiger charge is 2.28. The first-order valence-electron chi connectivity index (χ1n) is 9.24. The Hall–Kier alpha value is -2.54. The summed E-state index contributed by atoms with van der Waals surface area (Å²) in [7, 11) is 0. The van der Waals surface area contributed by atoms with E-state index in [0.29, 0.717) is 17.4 Å². The van der Waals surface area contributed by atoms with Gasteiger partial charge in [0.25, 0.3) is 0 Å². The minimum Gasteiger partial charge on any atom is -0.491 e. The standard InChI is InChI=1S/C20H25N3O3S/c21-18(24)11-12-26-16-9-4-3-8-15(16)22-20(25)23-19(14-6-1-2-7-14)17-10-5-13-27-17/h3-5,8-10,13-14,19H,1-2,6-7,11-12H2,(H2,21,24)(H2,22,23,25). The normalized spacial score (nSPS) is 15.3. The molecule has 0 radical (unpaired) electrons. The number of rotatable bonds is 8. The molecule has 3 amide bonds. The first kappa shape index (κ1) is 19.2. The summed E-state index contributed by atoms with van der Waals surface area (Å²) in [6.45, 7) is 0.176. The molecule has 1 aromatic carbocycles. The molecule has 2 aromatic rings. The molecule has 4 N–H and O–H groups in total. The molecule has 0 spiro atoms. The van der Waals surface area contributed by atoms with Crippen LogP contribution in [0.5, 0.6) is 5.75 Å². The average Bonchev–Trinajstić information content (AvgIpc) is 3.35. The van der Waals surface area contributed by atoms with Crippen molar-refractivity contribution in [1.29, 1.82) is 0 Å². The van der Waals surface area contributed by atoms with Crippen LogP contribution in [0.2, 0.25) is 0 Å². The highest BCUT2D eigenvalue weighted by Crippen LogP contribution is 2.37. The summed E-state index contributed by atoms with van der Waals surface area (Å²) in [5.74, 6) is 0.562. The number of primary amides is 1. The van der Waals surface area contributed by atoms with Gasteiger partial charge in [-0.05, 0) is 42.3 Å². The quantitative estimate of drug-likeness (QED) is 0.638. The summed E-state index contributed by atoms with van der Waals surface area (Å²) in [4.78, 5) is 24.7. The third-order valence-corrected chi connectivity index (χ3v) is 5.70. The zero-order valence-electron chi connectivity index (χ0n) is 15.1. The van der Waals surface area contributed by atoms with Crippen LogP contribution in [0.3, 0.4) is 0 Å². The van der Waals surface area contributed by atoms with E-state index in [-0.39, 0.29) is 25.1 Å². The Labute approximate surface area is 163 Å². The molecule has 144 valence electrons. The third-order valence-electron chi connectivity index (χ3n) is 4.75. The molecule has 1 heterocycles. The molecule has 1 atom stereocenters. The monoisotopic (exact) mass is 387 g/mol. The van der Waals surface area contributed by atoms with Crippen LogP contribution in [0, 0.1) is 5.92 Å². The molecule has 0 bridgehead atoms. The number of hydrogen-bond donors (Lipinski definition) is 3. The number of nitrogens with two attached hydrogens (primary N) is 1. The van der Waals surface area contributed by atoms with E-state index in [1.807, 2.05) is 23.6 Å². The van der Waals surface area contributed by atoms with Crippen molar-refractivity contribution in [2.24, 2.45) is 11.7 Å². The van der Waals surface area contributed by atoms with E-state index in [1.54, 1.807) is 23.5 Å². The molecule has 1 aromatic heterocycles. The van der Waals surface area contributed by atoms with Crippen molar-refractivity contribution in [2.75, 3.05) is 11.9 Å². The molecule has 3 rings (SSSR count).